The van der Waals surface area contributed by atoms with Gasteiger partial charge >= 0.3 is 0 Å². The number of aromatic nitrogens is 1. The number of nitrogens with zero attached hydrogens (tertiary/aromatic N) is 2. The van der Waals surface area contributed by atoms with Gasteiger partial charge in [0.15, 0.2) is 0 Å². The summed E-state index contributed by atoms with van der Waals surface area (Å²) < 4.78 is 5.19. The highest BCUT2D eigenvalue weighted by Crippen LogP contribution is 2.20. The zero-order valence-corrected chi connectivity index (χ0v) is 14.8. The normalized spacial score (nSPS) is 12.2. The molecule has 1 aromatic carbocycles. The van der Waals surface area contributed by atoms with E-state index < -0.39 is 0 Å². The molecule has 6 heteroatoms. The molecule has 1 amide bonds. The molecule has 1 aromatic heterocycles. The summed E-state index contributed by atoms with van der Waals surface area (Å²) in [4.78, 5) is 18.5. The van der Waals surface area contributed by atoms with Crippen molar-refractivity contribution in [1.29, 1.82) is 0 Å². The van der Waals surface area contributed by atoms with Gasteiger partial charge in [0, 0.05) is 11.9 Å². The van der Waals surface area contributed by atoms with Crippen LogP contribution in [0, 0.1) is 6.92 Å². The summed E-state index contributed by atoms with van der Waals surface area (Å²) in [5.41, 5.74) is 1.97. The molecule has 0 radical (unpaired) electrons. The number of ether oxygens (including phenoxy) is 1. The first-order valence-corrected chi connectivity index (χ1v) is 8.35. The highest BCUT2D eigenvalue weighted by molar-refractivity contribution is 7.09. The topological polar surface area (TPSA) is 54.5 Å². The second-order valence-electron chi connectivity index (χ2n) is 5.59. The molecule has 2 aromatic rings. The first-order valence-electron chi connectivity index (χ1n) is 7.47. The van der Waals surface area contributed by atoms with E-state index in [0.717, 1.165) is 22.0 Å². The van der Waals surface area contributed by atoms with Gasteiger partial charge in [0.25, 0.3) is 0 Å². The van der Waals surface area contributed by atoms with Crippen LogP contribution in [0.3, 0.4) is 0 Å². The quantitative estimate of drug-likeness (QED) is 0.845. The van der Waals surface area contributed by atoms with Crippen molar-refractivity contribution in [3.05, 3.63) is 45.9 Å². The summed E-state index contributed by atoms with van der Waals surface area (Å²) in [7, 11) is 5.66. The van der Waals surface area contributed by atoms with Gasteiger partial charge in [0.1, 0.15) is 5.75 Å². The number of benzene rings is 1. The van der Waals surface area contributed by atoms with Crippen LogP contribution in [-0.4, -0.2) is 43.5 Å². The Morgan fingerprint density at radius 2 is 2.04 bits per heavy atom. The maximum absolute atomic E-state index is 12.1. The minimum Gasteiger partial charge on any atom is -0.497 e. The summed E-state index contributed by atoms with van der Waals surface area (Å²) in [6.45, 7) is 2.50. The lowest BCUT2D eigenvalue weighted by molar-refractivity contribution is -0.120. The van der Waals surface area contributed by atoms with Crippen LogP contribution in [0.2, 0.25) is 0 Å². The molecule has 1 unspecified atom stereocenters. The van der Waals surface area contributed by atoms with Crippen molar-refractivity contribution in [2.45, 2.75) is 19.4 Å². The van der Waals surface area contributed by atoms with Crippen LogP contribution in [0.5, 0.6) is 5.75 Å². The lowest BCUT2D eigenvalue weighted by Gasteiger charge is -2.25. The first-order chi connectivity index (χ1) is 11.0. The lowest BCUT2D eigenvalue weighted by Crippen LogP contribution is -2.35. The fraction of sp³-hybridized carbons (Fsp3) is 0.412. The molecular weight excluding hydrogens is 310 g/mol. The minimum atomic E-state index is -0.00402. The zero-order chi connectivity index (χ0) is 16.8. The average molecular weight is 333 g/mol. The number of likely N-dealkylation sites (N-methyl/N-ethyl adjacent to an activating group) is 1. The van der Waals surface area contributed by atoms with E-state index >= 15 is 0 Å². The monoisotopic (exact) mass is 333 g/mol. The van der Waals surface area contributed by atoms with Crippen LogP contribution in [0.25, 0.3) is 0 Å². The van der Waals surface area contributed by atoms with Crippen LogP contribution >= 0.6 is 11.3 Å². The van der Waals surface area contributed by atoms with Gasteiger partial charge in [-0.2, -0.15) is 0 Å². The fourth-order valence-electron chi connectivity index (χ4n) is 2.35. The standard InChI is InChI=1S/C17H23N3O2S/c1-12-19-14(11-23-12)9-17(21)18-10-16(20(2)3)13-5-7-15(22-4)8-6-13/h5-8,11,16H,9-10H2,1-4H3,(H,18,21). The second-order valence-corrected chi connectivity index (χ2v) is 6.65. The summed E-state index contributed by atoms with van der Waals surface area (Å²) in [5.74, 6) is 0.824. The molecule has 0 spiro atoms. The second kappa shape index (κ2) is 8.08. The van der Waals surface area contributed by atoms with Gasteiger partial charge in [-0.1, -0.05) is 12.1 Å². The van der Waals surface area contributed by atoms with Gasteiger partial charge in [0.05, 0.1) is 30.3 Å². The third-order valence-electron chi connectivity index (χ3n) is 3.62. The number of methoxy groups -OCH3 is 1. The van der Waals surface area contributed by atoms with Gasteiger partial charge in [-0.3, -0.25) is 4.79 Å². The zero-order valence-electron chi connectivity index (χ0n) is 14.0. The largest absolute Gasteiger partial charge is 0.497 e. The number of carbonyl (C=O) groups is 1. The van der Waals surface area contributed by atoms with E-state index in [1.165, 1.54) is 0 Å². The van der Waals surface area contributed by atoms with E-state index in [-0.39, 0.29) is 11.9 Å². The highest BCUT2D eigenvalue weighted by Gasteiger charge is 2.16. The molecule has 0 aliphatic rings. The first kappa shape index (κ1) is 17.4. The van der Waals surface area contributed by atoms with Crippen molar-refractivity contribution in [2.24, 2.45) is 0 Å². The maximum atomic E-state index is 12.1. The number of hydrogen-bond acceptors (Lipinski definition) is 5. The van der Waals surface area contributed by atoms with Crippen molar-refractivity contribution in [3.63, 3.8) is 0 Å². The van der Waals surface area contributed by atoms with Crippen LogP contribution in [-0.2, 0) is 11.2 Å². The molecule has 0 saturated heterocycles. The van der Waals surface area contributed by atoms with E-state index in [4.69, 9.17) is 4.74 Å². The number of rotatable bonds is 7. The Hall–Kier alpha value is -1.92. The van der Waals surface area contributed by atoms with Gasteiger partial charge in [-0.25, -0.2) is 4.98 Å². The van der Waals surface area contributed by atoms with Gasteiger partial charge < -0.3 is 15.0 Å². The number of thiazole rings is 1. The lowest BCUT2D eigenvalue weighted by atomic mass is 10.1. The molecule has 0 aliphatic heterocycles. The molecule has 0 aliphatic carbocycles. The smallest absolute Gasteiger partial charge is 0.226 e. The number of aryl methyl sites for hydroxylation is 1. The number of amides is 1. The predicted octanol–water partition coefficient (Wildman–Crippen LogP) is 2.42. The molecular formula is C17H23N3O2S. The summed E-state index contributed by atoms with van der Waals surface area (Å²) in [5, 5.41) is 5.92. The van der Waals surface area contributed by atoms with Crippen LogP contribution in [0.4, 0.5) is 0 Å². The number of nitrogens with one attached hydrogen (secondary N) is 1. The fourth-order valence-corrected chi connectivity index (χ4v) is 2.96. The van der Waals surface area contributed by atoms with Crippen molar-refractivity contribution in [2.75, 3.05) is 27.7 Å². The number of hydrogen-bond donors (Lipinski definition) is 1. The predicted molar refractivity (Wildman–Crippen MR) is 93.0 cm³/mol. The Labute approximate surface area is 141 Å². The van der Waals surface area contributed by atoms with Gasteiger partial charge in [-0.05, 0) is 38.7 Å². The molecule has 1 N–H and O–H groups in total. The molecule has 23 heavy (non-hydrogen) atoms. The van der Waals surface area contributed by atoms with Gasteiger partial charge in [-0.15, -0.1) is 11.3 Å². The van der Waals surface area contributed by atoms with E-state index in [2.05, 4.69) is 15.2 Å². The van der Waals surface area contributed by atoms with Gasteiger partial charge in [0.2, 0.25) is 5.91 Å². The maximum Gasteiger partial charge on any atom is 0.226 e. The van der Waals surface area contributed by atoms with E-state index in [0.29, 0.717) is 13.0 Å². The summed E-state index contributed by atoms with van der Waals surface area (Å²) in [6.07, 6.45) is 0.326. The van der Waals surface area contributed by atoms with E-state index in [1.54, 1.807) is 18.4 Å². The summed E-state index contributed by atoms with van der Waals surface area (Å²) >= 11 is 1.56. The molecule has 1 atom stereocenters. The SMILES string of the molecule is COc1ccc(C(CNC(=O)Cc2csc(C)n2)N(C)C)cc1. The Kier molecular flexibility index (Phi) is 6.12. The van der Waals surface area contributed by atoms with E-state index in [9.17, 15) is 4.79 Å². The van der Waals surface area contributed by atoms with Crippen molar-refractivity contribution >= 4 is 17.2 Å². The minimum absolute atomic E-state index is 0.00402. The average Bonchev–Trinajstić information content (AvgIpc) is 2.92. The Balaban J connectivity index is 1.94. The molecule has 124 valence electrons. The summed E-state index contributed by atoms with van der Waals surface area (Å²) in [6, 6.07) is 8.04. The molecule has 0 fully saturated rings. The van der Waals surface area contributed by atoms with Crippen molar-refractivity contribution < 1.29 is 9.53 Å². The number of carbonyl (C=O) groups excluding carboxylic acids is 1. The van der Waals surface area contributed by atoms with Crippen molar-refractivity contribution in [3.8, 4) is 5.75 Å². The molecule has 2 rings (SSSR count). The molecule has 5 nitrogen and oxygen atoms in total. The molecule has 1 heterocycles. The van der Waals surface area contributed by atoms with Crippen LogP contribution in [0.15, 0.2) is 29.6 Å². The molecule has 0 bridgehead atoms. The van der Waals surface area contributed by atoms with Crippen LogP contribution < -0.4 is 10.1 Å². The third-order valence-corrected chi connectivity index (χ3v) is 4.45. The highest BCUT2D eigenvalue weighted by atomic mass is 32.1. The Morgan fingerprint density at radius 3 is 2.57 bits per heavy atom. The Bertz CT molecular complexity index is 638. The molecule has 0 saturated carbocycles. The van der Waals surface area contributed by atoms with Crippen molar-refractivity contribution in [1.82, 2.24) is 15.2 Å². The van der Waals surface area contributed by atoms with E-state index in [1.807, 2.05) is 50.7 Å². The van der Waals surface area contributed by atoms with Crippen LogP contribution in [0.1, 0.15) is 22.3 Å². The third kappa shape index (κ3) is 5.04. The Morgan fingerprint density at radius 1 is 1.35 bits per heavy atom.